The Morgan fingerprint density at radius 2 is 1.81 bits per heavy atom. The summed E-state index contributed by atoms with van der Waals surface area (Å²) in [5.41, 5.74) is 2.97. The summed E-state index contributed by atoms with van der Waals surface area (Å²) >= 11 is 0. The van der Waals surface area contributed by atoms with Gasteiger partial charge in [-0.15, -0.1) is 0 Å². The Morgan fingerprint density at radius 1 is 1.03 bits per heavy atom. The van der Waals surface area contributed by atoms with Gasteiger partial charge in [-0.2, -0.15) is 0 Å². The van der Waals surface area contributed by atoms with Crippen molar-refractivity contribution in [3.05, 3.63) is 83.8 Å². The highest BCUT2D eigenvalue weighted by molar-refractivity contribution is 5.57. The van der Waals surface area contributed by atoms with E-state index in [1.54, 1.807) is 12.4 Å². The van der Waals surface area contributed by atoms with Crippen LogP contribution in [-0.2, 0) is 6.42 Å². The van der Waals surface area contributed by atoms with Crippen molar-refractivity contribution in [2.75, 3.05) is 25.0 Å². The van der Waals surface area contributed by atoms with Crippen molar-refractivity contribution < 1.29 is 5.11 Å². The molecule has 5 heterocycles. The van der Waals surface area contributed by atoms with Crippen LogP contribution in [0.3, 0.4) is 0 Å². The second-order valence-corrected chi connectivity index (χ2v) is 8.44. The molecule has 2 aromatic heterocycles. The number of benzene rings is 1. The fourth-order valence-electron chi connectivity index (χ4n) is 4.55. The van der Waals surface area contributed by atoms with Crippen LogP contribution in [-0.4, -0.2) is 45.2 Å². The summed E-state index contributed by atoms with van der Waals surface area (Å²) in [6.45, 7) is 2.80. The molecule has 3 fully saturated rings. The van der Waals surface area contributed by atoms with Gasteiger partial charge in [0.1, 0.15) is 11.4 Å². The number of nitrogens with zero attached hydrogens (tertiary/aromatic N) is 3. The van der Waals surface area contributed by atoms with E-state index in [1.165, 1.54) is 5.56 Å². The molecule has 1 unspecified atom stereocenters. The van der Waals surface area contributed by atoms with Crippen LogP contribution in [0.4, 0.5) is 11.5 Å². The molecular weight excluding hydrogens is 384 g/mol. The minimum atomic E-state index is -0.922. The van der Waals surface area contributed by atoms with Gasteiger partial charge in [-0.3, -0.25) is 9.88 Å². The smallest absolute Gasteiger partial charge is 0.141 e. The highest BCUT2D eigenvalue weighted by Gasteiger charge is 2.44. The zero-order valence-corrected chi connectivity index (χ0v) is 17.5. The molecule has 0 radical (unpaired) electrons. The number of rotatable bonds is 4. The second kappa shape index (κ2) is 8.50. The third-order valence-electron chi connectivity index (χ3n) is 6.28. The first kappa shape index (κ1) is 19.7. The molecule has 3 aliphatic rings. The molecule has 3 saturated heterocycles. The summed E-state index contributed by atoms with van der Waals surface area (Å²) in [5.74, 6) is 7.56. The lowest BCUT2D eigenvalue weighted by Crippen LogP contribution is -2.58. The lowest BCUT2D eigenvalue weighted by atomic mass is 9.75. The van der Waals surface area contributed by atoms with E-state index in [-0.39, 0.29) is 5.92 Å². The largest absolute Gasteiger partial charge is 0.376 e. The molecule has 0 amide bonds. The molecule has 6 rings (SSSR count). The molecule has 31 heavy (non-hydrogen) atoms. The van der Waals surface area contributed by atoms with Gasteiger partial charge in [0.2, 0.25) is 0 Å². The van der Waals surface area contributed by atoms with Gasteiger partial charge in [-0.05, 0) is 55.8 Å². The topological polar surface area (TPSA) is 61.3 Å². The predicted octanol–water partition coefficient (Wildman–Crippen LogP) is 3.62. The molecule has 1 atom stereocenters. The molecule has 0 spiro atoms. The highest BCUT2D eigenvalue weighted by Crippen LogP contribution is 2.35. The van der Waals surface area contributed by atoms with E-state index in [2.05, 4.69) is 39.2 Å². The average molecular weight is 411 g/mol. The summed E-state index contributed by atoms with van der Waals surface area (Å²) in [4.78, 5) is 11.3. The van der Waals surface area contributed by atoms with Crippen molar-refractivity contribution in [3.8, 4) is 11.8 Å². The van der Waals surface area contributed by atoms with Crippen LogP contribution in [0.2, 0.25) is 0 Å². The van der Waals surface area contributed by atoms with Crippen molar-refractivity contribution in [3.63, 3.8) is 0 Å². The normalized spacial score (nSPS) is 24.3. The minimum Gasteiger partial charge on any atom is -0.376 e. The number of anilines is 2. The number of hydrogen-bond acceptors (Lipinski definition) is 5. The van der Waals surface area contributed by atoms with Crippen molar-refractivity contribution in [2.24, 2.45) is 5.92 Å². The Kier molecular flexibility index (Phi) is 5.42. The third kappa shape index (κ3) is 4.46. The molecule has 3 aromatic rings. The number of fused-ring (bicyclic) bond motifs is 3. The molecule has 0 aliphatic carbocycles. The standard InChI is InChI=1S/C26H26N4O/c31-26(19-30-16-11-22(26)12-17-30)13-8-21-6-7-25(28-23-9-14-27-15-10-23)29-24(21)18-20-4-2-1-3-5-20/h1-7,9-10,14-15,22,31H,11-12,16-19H2,(H,27,28,29). The Hall–Kier alpha value is -3.20. The maximum Gasteiger partial charge on any atom is 0.141 e. The first-order valence-corrected chi connectivity index (χ1v) is 10.9. The fourth-order valence-corrected chi connectivity index (χ4v) is 4.55. The van der Waals surface area contributed by atoms with Gasteiger partial charge in [0.15, 0.2) is 0 Å². The summed E-state index contributed by atoms with van der Waals surface area (Å²) in [6, 6.07) is 18.1. The summed E-state index contributed by atoms with van der Waals surface area (Å²) in [6.07, 6.45) is 6.23. The molecule has 0 saturated carbocycles. The average Bonchev–Trinajstić information content (AvgIpc) is 2.81. The van der Waals surface area contributed by atoms with Crippen LogP contribution in [0.1, 0.15) is 29.7 Å². The lowest BCUT2D eigenvalue weighted by molar-refractivity contribution is -0.0713. The van der Waals surface area contributed by atoms with Gasteiger partial charge in [-0.1, -0.05) is 42.2 Å². The van der Waals surface area contributed by atoms with Gasteiger partial charge in [0, 0.05) is 42.5 Å². The van der Waals surface area contributed by atoms with Crippen LogP contribution in [0.5, 0.6) is 0 Å². The Bertz CT molecular complexity index is 1100. The molecule has 3 aliphatic heterocycles. The van der Waals surface area contributed by atoms with E-state index in [0.29, 0.717) is 13.0 Å². The van der Waals surface area contributed by atoms with Crippen LogP contribution in [0, 0.1) is 17.8 Å². The van der Waals surface area contributed by atoms with Crippen molar-refractivity contribution >= 4 is 11.5 Å². The number of pyridine rings is 2. The predicted molar refractivity (Wildman–Crippen MR) is 122 cm³/mol. The fraction of sp³-hybridized carbons (Fsp3) is 0.308. The van der Waals surface area contributed by atoms with Gasteiger partial charge in [-0.25, -0.2) is 4.98 Å². The number of hydrogen-bond donors (Lipinski definition) is 2. The van der Waals surface area contributed by atoms with Crippen LogP contribution in [0.25, 0.3) is 0 Å². The van der Waals surface area contributed by atoms with Crippen molar-refractivity contribution in [2.45, 2.75) is 24.9 Å². The zero-order valence-electron chi connectivity index (χ0n) is 17.5. The summed E-state index contributed by atoms with van der Waals surface area (Å²) in [5, 5.41) is 14.5. The van der Waals surface area contributed by atoms with E-state index in [4.69, 9.17) is 4.98 Å². The maximum atomic E-state index is 11.2. The Balaban J connectivity index is 1.46. The lowest BCUT2D eigenvalue weighted by Gasteiger charge is -2.47. The molecule has 1 aromatic carbocycles. The van der Waals surface area contributed by atoms with Crippen LogP contribution >= 0.6 is 0 Å². The molecule has 2 N–H and O–H groups in total. The van der Waals surface area contributed by atoms with Crippen LogP contribution in [0.15, 0.2) is 67.0 Å². The van der Waals surface area contributed by atoms with E-state index >= 15 is 0 Å². The first-order valence-electron chi connectivity index (χ1n) is 10.9. The number of nitrogens with one attached hydrogen (secondary N) is 1. The molecule has 156 valence electrons. The van der Waals surface area contributed by atoms with Gasteiger partial charge in [0.25, 0.3) is 0 Å². The Labute approximate surface area is 183 Å². The first-order chi connectivity index (χ1) is 15.2. The molecule has 5 nitrogen and oxygen atoms in total. The number of aromatic nitrogens is 2. The molecular formula is C26H26N4O. The molecule has 2 bridgehead atoms. The van der Waals surface area contributed by atoms with E-state index in [1.807, 2.05) is 42.5 Å². The maximum absolute atomic E-state index is 11.2. The molecule has 5 heteroatoms. The summed E-state index contributed by atoms with van der Waals surface area (Å²) < 4.78 is 0. The number of piperidine rings is 3. The second-order valence-electron chi connectivity index (χ2n) is 8.44. The van der Waals surface area contributed by atoms with E-state index in [0.717, 1.165) is 48.7 Å². The van der Waals surface area contributed by atoms with Crippen molar-refractivity contribution in [1.29, 1.82) is 0 Å². The van der Waals surface area contributed by atoms with E-state index < -0.39 is 5.60 Å². The quantitative estimate of drug-likeness (QED) is 0.644. The summed E-state index contributed by atoms with van der Waals surface area (Å²) in [7, 11) is 0. The monoisotopic (exact) mass is 410 g/mol. The zero-order chi connectivity index (χ0) is 21.1. The third-order valence-corrected chi connectivity index (χ3v) is 6.28. The minimum absolute atomic E-state index is 0.267. The number of aliphatic hydroxyl groups is 1. The van der Waals surface area contributed by atoms with Gasteiger partial charge in [0.05, 0.1) is 5.69 Å². The van der Waals surface area contributed by atoms with Gasteiger partial charge < -0.3 is 10.4 Å². The highest BCUT2D eigenvalue weighted by atomic mass is 16.3. The van der Waals surface area contributed by atoms with E-state index in [9.17, 15) is 5.11 Å². The SMILES string of the molecule is OC1(C#Cc2ccc(Nc3ccncc3)nc2Cc2ccccc2)CN2CCC1CC2. The van der Waals surface area contributed by atoms with Crippen LogP contribution < -0.4 is 5.32 Å². The van der Waals surface area contributed by atoms with Gasteiger partial charge >= 0.3 is 0 Å². The Morgan fingerprint density at radius 3 is 2.52 bits per heavy atom. The van der Waals surface area contributed by atoms with Crippen molar-refractivity contribution in [1.82, 2.24) is 14.9 Å².